The second-order valence-electron chi connectivity index (χ2n) is 6.73. The fourth-order valence-corrected chi connectivity index (χ4v) is 4.00. The van der Waals surface area contributed by atoms with Gasteiger partial charge in [0.05, 0.1) is 22.3 Å². The Hall–Kier alpha value is -2.33. The second kappa shape index (κ2) is 7.12. The summed E-state index contributed by atoms with van der Waals surface area (Å²) in [4.78, 5) is 16.3. The van der Waals surface area contributed by atoms with Gasteiger partial charge in [0.2, 0.25) is 0 Å². The Kier molecular flexibility index (Phi) is 5.05. The van der Waals surface area contributed by atoms with Crippen LogP contribution in [0, 0.1) is 5.92 Å². The Labute approximate surface area is 159 Å². The maximum Gasteiger partial charge on any atom is 0.316 e. The standard InChI is InChI=1S/C21H22N2O2S/c1-4-15-16(13-6-8-14(9-7-13)23-12-26)10-11-18-19(15)21(3,22)17(5-2)20(24)25-18/h6-11,17H,4-5,22H2,1-3H3. The van der Waals surface area contributed by atoms with Crippen molar-refractivity contribution in [2.24, 2.45) is 16.6 Å². The van der Waals surface area contributed by atoms with Crippen molar-refractivity contribution < 1.29 is 9.53 Å². The molecule has 3 rings (SSSR count). The number of isothiocyanates is 1. The van der Waals surface area contributed by atoms with Gasteiger partial charge in [0.15, 0.2) is 0 Å². The number of rotatable bonds is 4. The zero-order valence-corrected chi connectivity index (χ0v) is 16.0. The van der Waals surface area contributed by atoms with E-state index in [1.54, 1.807) is 0 Å². The summed E-state index contributed by atoms with van der Waals surface area (Å²) in [7, 11) is 0. The van der Waals surface area contributed by atoms with E-state index in [-0.39, 0.29) is 11.9 Å². The highest BCUT2D eigenvalue weighted by Crippen LogP contribution is 2.45. The molecule has 0 radical (unpaired) electrons. The molecule has 4 nitrogen and oxygen atoms in total. The molecular weight excluding hydrogens is 344 g/mol. The van der Waals surface area contributed by atoms with E-state index in [0.29, 0.717) is 12.2 Å². The van der Waals surface area contributed by atoms with E-state index < -0.39 is 5.54 Å². The SMILES string of the molecule is CCc1c(-c2ccc(N=C=S)cc2)ccc2c1C(C)(N)C(CC)C(=O)O2. The molecule has 1 aliphatic heterocycles. The Morgan fingerprint density at radius 1 is 1.23 bits per heavy atom. The van der Waals surface area contributed by atoms with E-state index in [9.17, 15) is 4.79 Å². The highest BCUT2D eigenvalue weighted by atomic mass is 32.1. The minimum absolute atomic E-state index is 0.248. The number of aliphatic imine (C=N–C) groups is 1. The van der Waals surface area contributed by atoms with Crippen LogP contribution in [-0.2, 0) is 16.8 Å². The topological polar surface area (TPSA) is 64.7 Å². The van der Waals surface area contributed by atoms with Gasteiger partial charge in [-0.2, -0.15) is 4.99 Å². The number of carbonyl (C=O) groups is 1. The van der Waals surface area contributed by atoms with Crippen molar-refractivity contribution >= 4 is 29.0 Å². The van der Waals surface area contributed by atoms with E-state index >= 15 is 0 Å². The van der Waals surface area contributed by atoms with E-state index in [2.05, 4.69) is 29.3 Å². The summed E-state index contributed by atoms with van der Waals surface area (Å²) >= 11 is 4.65. The van der Waals surface area contributed by atoms with Crippen LogP contribution in [0.15, 0.2) is 41.4 Å². The van der Waals surface area contributed by atoms with Crippen LogP contribution in [-0.4, -0.2) is 11.1 Å². The molecule has 2 aromatic carbocycles. The van der Waals surface area contributed by atoms with Crippen LogP contribution in [0.25, 0.3) is 11.1 Å². The molecule has 0 saturated carbocycles. The van der Waals surface area contributed by atoms with E-state index in [0.717, 1.165) is 34.4 Å². The quantitative estimate of drug-likeness (QED) is 0.366. The van der Waals surface area contributed by atoms with E-state index in [1.807, 2.05) is 50.2 Å². The van der Waals surface area contributed by atoms with Gasteiger partial charge in [-0.3, -0.25) is 4.79 Å². The van der Waals surface area contributed by atoms with Gasteiger partial charge in [0, 0.05) is 5.56 Å². The predicted octanol–water partition coefficient (Wildman–Crippen LogP) is 4.77. The number of esters is 1. The van der Waals surface area contributed by atoms with Crippen molar-refractivity contribution in [2.75, 3.05) is 0 Å². The predicted molar refractivity (Wildman–Crippen MR) is 107 cm³/mol. The van der Waals surface area contributed by atoms with Crippen LogP contribution in [0.4, 0.5) is 5.69 Å². The summed E-state index contributed by atoms with van der Waals surface area (Å²) in [6.45, 7) is 5.99. The third-order valence-electron chi connectivity index (χ3n) is 5.15. The Bertz CT molecular complexity index is 897. The highest BCUT2D eigenvalue weighted by Gasteiger charge is 2.45. The largest absolute Gasteiger partial charge is 0.426 e. The summed E-state index contributed by atoms with van der Waals surface area (Å²) in [5.41, 5.74) is 10.9. The number of nitrogens with zero attached hydrogens (tertiary/aromatic N) is 1. The summed E-state index contributed by atoms with van der Waals surface area (Å²) in [5.74, 6) is -0.0238. The number of thiocarbonyl (C=S) groups is 1. The fraction of sp³-hybridized carbons (Fsp3) is 0.333. The van der Waals surface area contributed by atoms with Crippen LogP contribution in [0.5, 0.6) is 5.75 Å². The Balaban J connectivity index is 2.19. The van der Waals surface area contributed by atoms with E-state index in [4.69, 9.17) is 10.5 Å². The van der Waals surface area contributed by atoms with Gasteiger partial charge in [0.1, 0.15) is 5.75 Å². The van der Waals surface area contributed by atoms with Crippen molar-refractivity contribution in [2.45, 2.75) is 39.2 Å². The number of fused-ring (bicyclic) bond motifs is 1. The van der Waals surface area contributed by atoms with Crippen molar-refractivity contribution in [1.82, 2.24) is 0 Å². The number of nitrogens with two attached hydrogens (primary N) is 1. The lowest BCUT2D eigenvalue weighted by Gasteiger charge is -2.39. The number of benzene rings is 2. The monoisotopic (exact) mass is 366 g/mol. The molecule has 2 unspecified atom stereocenters. The Morgan fingerprint density at radius 3 is 2.50 bits per heavy atom. The second-order valence-corrected chi connectivity index (χ2v) is 6.92. The molecule has 134 valence electrons. The first-order valence-electron chi connectivity index (χ1n) is 8.79. The van der Waals surface area contributed by atoms with Gasteiger partial charge in [-0.15, -0.1) is 0 Å². The van der Waals surface area contributed by atoms with Gasteiger partial charge in [0.25, 0.3) is 0 Å². The van der Waals surface area contributed by atoms with Crippen LogP contribution in [0.1, 0.15) is 38.3 Å². The first-order chi connectivity index (χ1) is 12.4. The molecule has 0 saturated heterocycles. The van der Waals surface area contributed by atoms with Gasteiger partial charge in [-0.25, -0.2) is 0 Å². The average Bonchev–Trinajstić information content (AvgIpc) is 2.61. The number of hydrogen-bond acceptors (Lipinski definition) is 5. The molecule has 2 aromatic rings. The normalized spacial score (nSPS) is 21.5. The molecular formula is C21H22N2O2S. The third-order valence-corrected chi connectivity index (χ3v) is 5.24. The molecule has 0 fully saturated rings. The van der Waals surface area contributed by atoms with Crippen molar-refractivity contribution in [3.8, 4) is 16.9 Å². The lowest BCUT2D eigenvalue weighted by atomic mass is 9.73. The number of carbonyl (C=O) groups excluding carboxylic acids is 1. The molecule has 2 atom stereocenters. The molecule has 1 aliphatic rings. The molecule has 0 bridgehead atoms. The van der Waals surface area contributed by atoms with E-state index in [1.165, 1.54) is 0 Å². The van der Waals surface area contributed by atoms with Crippen molar-refractivity contribution in [3.05, 3.63) is 47.5 Å². The third kappa shape index (κ3) is 2.99. The zero-order valence-electron chi connectivity index (χ0n) is 15.2. The molecule has 26 heavy (non-hydrogen) atoms. The Morgan fingerprint density at radius 2 is 1.92 bits per heavy atom. The minimum Gasteiger partial charge on any atom is -0.426 e. The lowest BCUT2D eigenvalue weighted by Crippen LogP contribution is -2.50. The summed E-state index contributed by atoms with van der Waals surface area (Å²) < 4.78 is 5.60. The van der Waals surface area contributed by atoms with Crippen LogP contribution in [0.3, 0.4) is 0 Å². The highest BCUT2D eigenvalue weighted by molar-refractivity contribution is 7.78. The molecule has 0 amide bonds. The van der Waals surface area contributed by atoms with Crippen LogP contribution < -0.4 is 10.5 Å². The van der Waals surface area contributed by atoms with Crippen LogP contribution in [0.2, 0.25) is 0 Å². The minimum atomic E-state index is -0.762. The molecule has 0 spiro atoms. The summed E-state index contributed by atoms with van der Waals surface area (Å²) in [6.07, 6.45) is 1.43. The van der Waals surface area contributed by atoms with Gasteiger partial charge < -0.3 is 10.5 Å². The van der Waals surface area contributed by atoms with Gasteiger partial charge >= 0.3 is 5.97 Å². The maximum absolute atomic E-state index is 12.3. The number of hydrogen-bond donors (Lipinski definition) is 1. The van der Waals surface area contributed by atoms with Crippen molar-refractivity contribution in [3.63, 3.8) is 0 Å². The first-order valence-corrected chi connectivity index (χ1v) is 9.20. The first kappa shape index (κ1) is 18.5. The fourth-order valence-electron chi connectivity index (χ4n) is 3.90. The van der Waals surface area contributed by atoms with Gasteiger partial charge in [-0.05, 0) is 66.9 Å². The molecule has 2 N–H and O–H groups in total. The summed E-state index contributed by atoms with van der Waals surface area (Å²) in [6, 6.07) is 11.7. The maximum atomic E-state index is 12.3. The molecule has 5 heteroatoms. The molecule has 0 aromatic heterocycles. The molecule has 1 heterocycles. The zero-order chi connectivity index (χ0) is 18.9. The average molecular weight is 366 g/mol. The molecule has 0 aliphatic carbocycles. The van der Waals surface area contributed by atoms with Gasteiger partial charge in [-0.1, -0.05) is 32.0 Å². The smallest absolute Gasteiger partial charge is 0.316 e. The lowest BCUT2D eigenvalue weighted by molar-refractivity contribution is -0.143. The number of ether oxygens (including phenoxy) is 1. The summed E-state index contributed by atoms with van der Waals surface area (Å²) in [5, 5.41) is 2.38. The van der Waals surface area contributed by atoms with Crippen molar-refractivity contribution in [1.29, 1.82) is 0 Å². The van der Waals surface area contributed by atoms with Crippen LogP contribution >= 0.6 is 12.2 Å².